The molecule has 84 valence electrons. The van der Waals surface area contributed by atoms with E-state index in [0.29, 0.717) is 0 Å². The maximum atomic E-state index is 4.30. The zero-order chi connectivity index (χ0) is 11.5. The van der Waals surface area contributed by atoms with E-state index in [2.05, 4.69) is 45.3 Å². The average molecular weight is 297 g/mol. The van der Waals surface area contributed by atoms with E-state index in [9.17, 15) is 0 Å². The fraction of sp³-hybridized carbons (Fsp3) is 0.250. The Hall–Kier alpha value is -0.870. The molecule has 0 spiro atoms. The van der Waals surface area contributed by atoms with Gasteiger partial charge in [-0.15, -0.1) is 11.3 Å². The van der Waals surface area contributed by atoms with Crippen molar-refractivity contribution in [3.63, 3.8) is 0 Å². The zero-order valence-corrected chi connectivity index (χ0v) is 11.7. The van der Waals surface area contributed by atoms with Crippen molar-refractivity contribution in [3.05, 3.63) is 44.2 Å². The molecule has 0 atom stereocenters. The molecule has 0 bridgehead atoms. The summed E-state index contributed by atoms with van der Waals surface area (Å²) in [5, 5.41) is 3.31. The van der Waals surface area contributed by atoms with Crippen molar-refractivity contribution in [2.24, 2.45) is 0 Å². The first-order valence-corrected chi connectivity index (χ1v) is 6.67. The van der Waals surface area contributed by atoms with Gasteiger partial charge in [0, 0.05) is 11.1 Å². The van der Waals surface area contributed by atoms with Gasteiger partial charge < -0.3 is 5.32 Å². The van der Waals surface area contributed by atoms with E-state index in [0.717, 1.165) is 12.4 Å². The van der Waals surface area contributed by atoms with Crippen LogP contribution in [0.1, 0.15) is 16.0 Å². The van der Waals surface area contributed by atoms with Gasteiger partial charge in [0.25, 0.3) is 0 Å². The van der Waals surface area contributed by atoms with Gasteiger partial charge in [0.05, 0.1) is 10.3 Å². The number of thiophene rings is 1. The number of anilines is 1. The molecule has 2 aromatic heterocycles. The number of hydrogen-bond acceptors (Lipinski definition) is 3. The van der Waals surface area contributed by atoms with Crippen LogP contribution in [0.4, 0.5) is 5.82 Å². The molecular weight excluding hydrogens is 284 g/mol. The van der Waals surface area contributed by atoms with E-state index in [1.165, 1.54) is 19.8 Å². The van der Waals surface area contributed by atoms with Crippen molar-refractivity contribution >= 4 is 33.1 Å². The predicted octanol–water partition coefficient (Wildman–Crippen LogP) is 4.13. The number of nitrogens with one attached hydrogen (secondary N) is 1. The molecule has 2 aromatic rings. The SMILES string of the molecule is Cc1ccc(NCc2cc(C)c(Br)s2)nc1. The lowest BCUT2D eigenvalue weighted by atomic mass is 10.3. The highest BCUT2D eigenvalue weighted by Crippen LogP contribution is 2.27. The largest absolute Gasteiger partial charge is 0.365 e. The number of rotatable bonds is 3. The topological polar surface area (TPSA) is 24.9 Å². The Morgan fingerprint density at radius 2 is 2.19 bits per heavy atom. The third-order valence-electron chi connectivity index (χ3n) is 2.26. The van der Waals surface area contributed by atoms with Crippen LogP contribution in [0.15, 0.2) is 28.2 Å². The average Bonchev–Trinajstić information content (AvgIpc) is 2.58. The van der Waals surface area contributed by atoms with Crippen molar-refractivity contribution in [1.29, 1.82) is 0 Å². The van der Waals surface area contributed by atoms with Crippen molar-refractivity contribution < 1.29 is 0 Å². The second-order valence-electron chi connectivity index (χ2n) is 3.74. The quantitative estimate of drug-likeness (QED) is 0.921. The third kappa shape index (κ3) is 2.83. The molecule has 0 aromatic carbocycles. The smallest absolute Gasteiger partial charge is 0.126 e. The number of halogens is 1. The van der Waals surface area contributed by atoms with Crippen LogP contribution in [-0.4, -0.2) is 4.98 Å². The standard InChI is InChI=1S/C12H13BrN2S/c1-8-3-4-11(14-6-8)15-7-10-5-9(2)12(13)16-10/h3-6H,7H2,1-2H3,(H,14,15). The number of hydrogen-bond donors (Lipinski definition) is 1. The number of nitrogens with zero attached hydrogens (tertiary/aromatic N) is 1. The van der Waals surface area contributed by atoms with Crippen molar-refractivity contribution in [1.82, 2.24) is 4.98 Å². The summed E-state index contributed by atoms with van der Waals surface area (Å²) in [4.78, 5) is 5.62. The molecule has 0 aliphatic rings. The van der Waals surface area contributed by atoms with Gasteiger partial charge in [0.2, 0.25) is 0 Å². The maximum Gasteiger partial charge on any atom is 0.126 e. The highest BCUT2D eigenvalue weighted by molar-refractivity contribution is 9.11. The Morgan fingerprint density at radius 1 is 1.38 bits per heavy atom. The van der Waals surface area contributed by atoms with Crippen LogP contribution >= 0.6 is 27.3 Å². The van der Waals surface area contributed by atoms with Gasteiger partial charge in [0.15, 0.2) is 0 Å². The molecule has 0 amide bonds. The van der Waals surface area contributed by atoms with E-state index in [1.54, 1.807) is 11.3 Å². The summed E-state index contributed by atoms with van der Waals surface area (Å²) in [5.74, 6) is 0.924. The lowest BCUT2D eigenvalue weighted by molar-refractivity contribution is 1.13. The van der Waals surface area contributed by atoms with Gasteiger partial charge in [0.1, 0.15) is 5.82 Å². The van der Waals surface area contributed by atoms with E-state index in [1.807, 2.05) is 19.2 Å². The van der Waals surface area contributed by atoms with E-state index in [-0.39, 0.29) is 0 Å². The molecule has 2 heterocycles. The summed E-state index contributed by atoms with van der Waals surface area (Å²) in [5.41, 5.74) is 2.47. The van der Waals surface area contributed by atoms with Gasteiger partial charge in [-0.25, -0.2) is 4.98 Å². The Bertz CT molecular complexity index is 457. The summed E-state index contributed by atoms with van der Waals surface area (Å²) in [6.45, 7) is 4.97. The minimum Gasteiger partial charge on any atom is -0.365 e. The maximum absolute atomic E-state index is 4.30. The van der Waals surface area contributed by atoms with Gasteiger partial charge in [-0.1, -0.05) is 6.07 Å². The Labute approximate surface area is 108 Å². The molecule has 2 nitrogen and oxygen atoms in total. The fourth-order valence-electron chi connectivity index (χ4n) is 1.36. The molecule has 0 saturated carbocycles. The normalized spacial score (nSPS) is 10.4. The zero-order valence-electron chi connectivity index (χ0n) is 9.25. The first-order valence-electron chi connectivity index (χ1n) is 5.06. The number of aromatic nitrogens is 1. The molecule has 0 aliphatic carbocycles. The molecule has 0 fully saturated rings. The van der Waals surface area contributed by atoms with Gasteiger partial charge >= 0.3 is 0 Å². The molecule has 1 N–H and O–H groups in total. The van der Waals surface area contributed by atoms with Gasteiger partial charge in [-0.3, -0.25) is 0 Å². The number of aryl methyl sites for hydroxylation is 2. The highest BCUT2D eigenvalue weighted by Gasteiger charge is 2.02. The van der Waals surface area contributed by atoms with Gasteiger partial charge in [-0.05, 0) is 53.0 Å². The fourth-order valence-corrected chi connectivity index (χ4v) is 2.93. The van der Waals surface area contributed by atoms with Crippen LogP contribution < -0.4 is 5.32 Å². The highest BCUT2D eigenvalue weighted by atomic mass is 79.9. The second-order valence-corrected chi connectivity index (χ2v) is 6.20. The first kappa shape index (κ1) is 11.6. The molecular formula is C12H13BrN2S. The summed E-state index contributed by atoms with van der Waals surface area (Å²) in [6, 6.07) is 6.26. The molecule has 0 radical (unpaired) electrons. The summed E-state index contributed by atoms with van der Waals surface area (Å²) < 4.78 is 1.21. The van der Waals surface area contributed by atoms with Crippen molar-refractivity contribution in [2.75, 3.05) is 5.32 Å². The molecule has 0 saturated heterocycles. The Morgan fingerprint density at radius 3 is 2.75 bits per heavy atom. The Kier molecular flexibility index (Phi) is 3.61. The lowest BCUT2D eigenvalue weighted by Crippen LogP contribution is -1.99. The monoisotopic (exact) mass is 296 g/mol. The molecule has 0 unspecified atom stereocenters. The van der Waals surface area contributed by atoms with Gasteiger partial charge in [-0.2, -0.15) is 0 Å². The van der Waals surface area contributed by atoms with Crippen LogP contribution in [0.25, 0.3) is 0 Å². The molecule has 2 rings (SSSR count). The van der Waals surface area contributed by atoms with E-state index < -0.39 is 0 Å². The summed E-state index contributed by atoms with van der Waals surface area (Å²) in [7, 11) is 0. The first-order chi connectivity index (χ1) is 7.65. The molecule has 4 heteroatoms. The Balaban J connectivity index is 1.99. The van der Waals surface area contributed by atoms with Crippen LogP contribution in [0.3, 0.4) is 0 Å². The van der Waals surface area contributed by atoms with Crippen molar-refractivity contribution in [3.8, 4) is 0 Å². The minimum absolute atomic E-state index is 0.827. The van der Waals surface area contributed by atoms with Crippen LogP contribution in [0.5, 0.6) is 0 Å². The number of pyridine rings is 1. The summed E-state index contributed by atoms with van der Waals surface area (Å²) in [6.07, 6.45) is 1.87. The van der Waals surface area contributed by atoms with Crippen LogP contribution in [0.2, 0.25) is 0 Å². The minimum atomic E-state index is 0.827. The van der Waals surface area contributed by atoms with E-state index in [4.69, 9.17) is 0 Å². The van der Waals surface area contributed by atoms with E-state index >= 15 is 0 Å². The van der Waals surface area contributed by atoms with Crippen molar-refractivity contribution in [2.45, 2.75) is 20.4 Å². The predicted molar refractivity (Wildman–Crippen MR) is 73.1 cm³/mol. The van der Waals surface area contributed by atoms with Crippen LogP contribution in [-0.2, 0) is 6.54 Å². The summed E-state index contributed by atoms with van der Waals surface area (Å²) >= 11 is 5.29. The molecule has 0 aliphatic heterocycles. The molecule has 16 heavy (non-hydrogen) atoms. The third-order valence-corrected chi connectivity index (χ3v) is 4.40. The second kappa shape index (κ2) is 4.97. The lowest BCUT2D eigenvalue weighted by Gasteiger charge is -2.03. The van der Waals surface area contributed by atoms with Crippen LogP contribution in [0, 0.1) is 13.8 Å².